The fourth-order valence-corrected chi connectivity index (χ4v) is 9.86. The van der Waals surface area contributed by atoms with Gasteiger partial charge in [0.25, 0.3) is 8.32 Å². The number of hydrogen-bond donors (Lipinski definition) is 0. The fraction of sp³-hybridized carbons (Fsp3) is 0.455. The lowest BCUT2D eigenvalue weighted by atomic mass is 10.1. The van der Waals surface area contributed by atoms with E-state index in [9.17, 15) is 0 Å². The van der Waals surface area contributed by atoms with E-state index >= 15 is 0 Å². The Balaban J connectivity index is 1.88. The Bertz CT molecular complexity index is 1040. The van der Waals surface area contributed by atoms with Crippen LogP contribution < -0.4 is 19.8 Å². The summed E-state index contributed by atoms with van der Waals surface area (Å²) in [6.07, 6.45) is 0.741. The van der Waals surface area contributed by atoms with Crippen molar-refractivity contribution in [2.45, 2.75) is 77.9 Å². The number of rotatable bonds is 15. The van der Waals surface area contributed by atoms with Gasteiger partial charge in [-0.25, -0.2) is 0 Å². The topological polar surface area (TPSA) is 46.2 Å². The van der Waals surface area contributed by atoms with Crippen LogP contribution in [0.2, 0.25) is 5.04 Å². The standard InChI is InChI=1S/C33H46O5Si/c1-8-35-32(36-9-2)31(37-28-23-21-27(34-7)22-24-28)25-20-26(3)38-39(33(4,5)6,29-16-12-10-13-17-29)30-18-14-11-15-19-30/h10-19,21-24,26,31-32H,8-9,20,25H2,1-7H3/t26-,31+/m0/s1. The molecule has 2 atom stereocenters. The first kappa shape index (κ1) is 30.9. The van der Waals surface area contributed by atoms with Gasteiger partial charge in [-0.3, -0.25) is 0 Å². The maximum atomic E-state index is 7.29. The summed E-state index contributed by atoms with van der Waals surface area (Å²) in [7, 11) is -0.985. The zero-order chi connectivity index (χ0) is 28.3. The Labute approximate surface area is 236 Å². The van der Waals surface area contributed by atoms with Gasteiger partial charge in [-0.15, -0.1) is 0 Å². The van der Waals surface area contributed by atoms with E-state index < -0.39 is 14.6 Å². The molecule has 0 saturated heterocycles. The number of methoxy groups -OCH3 is 1. The molecule has 39 heavy (non-hydrogen) atoms. The lowest BCUT2D eigenvalue weighted by molar-refractivity contribution is -0.184. The minimum absolute atomic E-state index is 0.0119. The maximum Gasteiger partial charge on any atom is 0.261 e. The van der Waals surface area contributed by atoms with Gasteiger partial charge >= 0.3 is 0 Å². The highest BCUT2D eigenvalue weighted by Gasteiger charge is 2.51. The summed E-state index contributed by atoms with van der Waals surface area (Å²) in [6.45, 7) is 14.1. The Kier molecular flexibility index (Phi) is 11.6. The van der Waals surface area contributed by atoms with Gasteiger partial charge in [0.15, 0.2) is 6.29 Å². The van der Waals surface area contributed by atoms with Crippen LogP contribution in [0.4, 0.5) is 0 Å². The van der Waals surface area contributed by atoms with Gasteiger partial charge in [-0.05, 0) is 73.3 Å². The molecule has 5 nitrogen and oxygen atoms in total. The summed E-state index contributed by atoms with van der Waals surface area (Å²) in [5.74, 6) is 1.54. The summed E-state index contributed by atoms with van der Waals surface area (Å²) in [5, 5.41) is 2.48. The Hall–Kier alpha value is -2.64. The molecule has 0 N–H and O–H groups in total. The van der Waals surface area contributed by atoms with Crippen molar-refractivity contribution >= 4 is 18.7 Å². The molecule has 0 spiro atoms. The van der Waals surface area contributed by atoms with Crippen molar-refractivity contribution in [2.75, 3.05) is 20.3 Å². The van der Waals surface area contributed by atoms with E-state index in [1.165, 1.54) is 10.4 Å². The van der Waals surface area contributed by atoms with Crippen molar-refractivity contribution in [2.24, 2.45) is 0 Å². The molecule has 0 fully saturated rings. The minimum atomic E-state index is -2.64. The van der Waals surface area contributed by atoms with Crippen LogP contribution in [0.25, 0.3) is 0 Å². The molecule has 6 heteroatoms. The summed E-state index contributed by atoms with van der Waals surface area (Å²) >= 11 is 0. The molecular weight excluding hydrogens is 504 g/mol. The van der Waals surface area contributed by atoms with Gasteiger partial charge in [0.1, 0.15) is 17.6 Å². The summed E-state index contributed by atoms with van der Waals surface area (Å²) in [6, 6.07) is 29.2. The number of hydrogen-bond acceptors (Lipinski definition) is 5. The molecule has 0 saturated carbocycles. The van der Waals surface area contributed by atoms with Gasteiger partial charge in [0.05, 0.1) is 7.11 Å². The monoisotopic (exact) mass is 550 g/mol. The van der Waals surface area contributed by atoms with Crippen LogP contribution in [-0.4, -0.2) is 47.1 Å². The van der Waals surface area contributed by atoms with E-state index in [1.807, 2.05) is 38.1 Å². The molecule has 0 aliphatic carbocycles. The molecule has 0 aromatic heterocycles. The SMILES string of the molecule is CCOC(OCC)[C@@H](CC[C@H](C)O[Si](c1ccccc1)(c1ccccc1)C(C)(C)C)Oc1ccc(OC)cc1. The Morgan fingerprint density at radius 1 is 0.692 bits per heavy atom. The van der Waals surface area contributed by atoms with Gasteiger partial charge in [0, 0.05) is 19.3 Å². The largest absolute Gasteiger partial charge is 0.497 e. The third-order valence-corrected chi connectivity index (χ3v) is 12.1. The van der Waals surface area contributed by atoms with E-state index in [-0.39, 0.29) is 17.2 Å². The average Bonchev–Trinajstić information content (AvgIpc) is 2.94. The molecule has 0 amide bonds. The quantitative estimate of drug-likeness (QED) is 0.158. The zero-order valence-corrected chi connectivity index (χ0v) is 25.7. The summed E-state index contributed by atoms with van der Waals surface area (Å²) in [5.41, 5.74) is 0. The predicted octanol–water partition coefficient (Wildman–Crippen LogP) is 6.59. The second kappa shape index (κ2) is 14.7. The molecule has 0 aliphatic heterocycles. The van der Waals surface area contributed by atoms with E-state index in [2.05, 4.69) is 88.4 Å². The number of benzene rings is 3. The first-order valence-electron chi connectivity index (χ1n) is 14.1. The van der Waals surface area contributed by atoms with Crippen molar-refractivity contribution in [3.63, 3.8) is 0 Å². The first-order chi connectivity index (χ1) is 18.7. The molecular formula is C33H46O5Si. The van der Waals surface area contributed by atoms with Crippen LogP contribution >= 0.6 is 0 Å². The highest BCUT2D eigenvalue weighted by molar-refractivity contribution is 6.99. The second-order valence-corrected chi connectivity index (χ2v) is 15.0. The molecule has 0 heterocycles. The third kappa shape index (κ3) is 7.95. The van der Waals surface area contributed by atoms with Crippen LogP contribution in [0.3, 0.4) is 0 Å². The maximum absolute atomic E-state index is 7.29. The molecule has 0 bridgehead atoms. The summed E-state index contributed by atoms with van der Waals surface area (Å²) < 4.78 is 31.0. The van der Waals surface area contributed by atoms with Gasteiger partial charge in [-0.2, -0.15) is 0 Å². The molecule has 3 aromatic carbocycles. The molecule has 0 unspecified atom stereocenters. The van der Waals surface area contributed by atoms with Gasteiger partial charge < -0.3 is 23.4 Å². The minimum Gasteiger partial charge on any atom is -0.497 e. The summed E-state index contributed by atoms with van der Waals surface area (Å²) in [4.78, 5) is 0. The van der Waals surface area contributed by atoms with Crippen LogP contribution in [0.5, 0.6) is 11.5 Å². The van der Waals surface area contributed by atoms with Gasteiger partial charge in [0.2, 0.25) is 0 Å². The highest BCUT2D eigenvalue weighted by Crippen LogP contribution is 2.38. The lowest BCUT2D eigenvalue weighted by Crippen LogP contribution is -2.67. The van der Waals surface area contributed by atoms with Crippen LogP contribution in [0, 0.1) is 0 Å². The van der Waals surface area contributed by atoms with Crippen molar-refractivity contribution in [3.8, 4) is 11.5 Å². The smallest absolute Gasteiger partial charge is 0.261 e. The van der Waals surface area contributed by atoms with E-state index in [0.29, 0.717) is 13.2 Å². The second-order valence-electron chi connectivity index (χ2n) is 10.8. The Morgan fingerprint density at radius 3 is 1.62 bits per heavy atom. The zero-order valence-electron chi connectivity index (χ0n) is 24.7. The lowest BCUT2D eigenvalue weighted by Gasteiger charge is -2.45. The van der Waals surface area contributed by atoms with Crippen LogP contribution in [-0.2, 0) is 13.9 Å². The van der Waals surface area contributed by atoms with E-state index in [0.717, 1.165) is 24.3 Å². The molecule has 3 aromatic rings. The average molecular weight is 551 g/mol. The normalized spacial score (nSPS) is 13.7. The van der Waals surface area contributed by atoms with Crippen LogP contribution in [0.1, 0.15) is 54.4 Å². The molecule has 3 rings (SSSR count). The predicted molar refractivity (Wildman–Crippen MR) is 162 cm³/mol. The van der Waals surface area contributed by atoms with Crippen molar-refractivity contribution < 1.29 is 23.4 Å². The highest BCUT2D eigenvalue weighted by atomic mass is 28.4. The van der Waals surface area contributed by atoms with E-state index in [4.69, 9.17) is 23.4 Å². The third-order valence-electron chi connectivity index (χ3n) is 6.96. The number of ether oxygens (including phenoxy) is 4. The molecule has 0 radical (unpaired) electrons. The van der Waals surface area contributed by atoms with Gasteiger partial charge in [-0.1, -0.05) is 81.4 Å². The van der Waals surface area contributed by atoms with Crippen molar-refractivity contribution in [1.29, 1.82) is 0 Å². The Morgan fingerprint density at radius 2 is 1.18 bits per heavy atom. The van der Waals surface area contributed by atoms with Crippen LogP contribution in [0.15, 0.2) is 84.9 Å². The first-order valence-corrected chi connectivity index (χ1v) is 16.0. The van der Waals surface area contributed by atoms with E-state index in [1.54, 1.807) is 7.11 Å². The molecule has 212 valence electrons. The fourth-order valence-electron chi connectivity index (χ4n) is 5.12. The molecule has 0 aliphatic rings. The van der Waals surface area contributed by atoms with Crippen molar-refractivity contribution in [3.05, 3.63) is 84.9 Å². The van der Waals surface area contributed by atoms with Crippen molar-refractivity contribution in [1.82, 2.24) is 0 Å².